The van der Waals surface area contributed by atoms with E-state index in [0.717, 1.165) is 5.56 Å². The van der Waals surface area contributed by atoms with Gasteiger partial charge in [0.1, 0.15) is 12.6 Å². The van der Waals surface area contributed by atoms with Gasteiger partial charge in [0.05, 0.1) is 0 Å². The van der Waals surface area contributed by atoms with Crippen LogP contribution in [0.3, 0.4) is 0 Å². The summed E-state index contributed by atoms with van der Waals surface area (Å²) in [6, 6.07) is 8.51. The van der Waals surface area contributed by atoms with Crippen LogP contribution < -0.4 is 16.8 Å². The maximum absolute atomic E-state index is 11.5. The first-order valence-corrected chi connectivity index (χ1v) is 6.10. The fraction of sp³-hybridized carbons (Fsp3) is 0.385. The van der Waals surface area contributed by atoms with Crippen molar-refractivity contribution >= 4 is 12.0 Å². The van der Waals surface area contributed by atoms with Crippen molar-refractivity contribution < 1.29 is 14.3 Å². The van der Waals surface area contributed by atoms with Gasteiger partial charge in [-0.3, -0.25) is 4.79 Å². The number of benzene rings is 1. The second-order valence-electron chi connectivity index (χ2n) is 4.09. The molecule has 0 bridgehead atoms. The first-order valence-electron chi connectivity index (χ1n) is 6.10. The van der Waals surface area contributed by atoms with E-state index in [9.17, 15) is 9.59 Å². The van der Waals surface area contributed by atoms with Crippen molar-refractivity contribution in [3.63, 3.8) is 0 Å². The summed E-state index contributed by atoms with van der Waals surface area (Å²) < 4.78 is 5.00. The molecule has 0 aliphatic rings. The second kappa shape index (κ2) is 8.10. The topological polar surface area (TPSA) is 107 Å². The van der Waals surface area contributed by atoms with Crippen LogP contribution in [0.15, 0.2) is 30.3 Å². The predicted molar refractivity (Wildman–Crippen MR) is 71.0 cm³/mol. The minimum Gasteiger partial charge on any atom is -0.445 e. The molecule has 1 unspecified atom stereocenters. The second-order valence-corrected chi connectivity index (χ2v) is 4.09. The lowest BCUT2D eigenvalue weighted by Crippen LogP contribution is -2.44. The smallest absolute Gasteiger partial charge is 0.408 e. The Labute approximate surface area is 112 Å². The van der Waals surface area contributed by atoms with Crippen LogP contribution in [-0.4, -0.2) is 24.6 Å². The zero-order valence-electron chi connectivity index (χ0n) is 10.7. The molecule has 1 aromatic rings. The molecule has 0 aliphatic heterocycles. The van der Waals surface area contributed by atoms with E-state index in [2.05, 4.69) is 5.32 Å². The molecule has 104 valence electrons. The van der Waals surface area contributed by atoms with Crippen LogP contribution in [-0.2, 0) is 16.1 Å². The molecular weight excluding hydrogens is 246 g/mol. The van der Waals surface area contributed by atoms with Crippen molar-refractivity contribution in [1.82, 2.24) is 5.32 Å². The standard InChI is InChI=1S/C13H19N3O3/c14-8-4-7-11(12(15)17)16-13(18)19-9-10-5-2-1-3-6-10/h1-3,5-6,11H,4,7-9,14H2,(H2,15,17)(H,16,18). The van der Waals surface area contributed by atoms with Crippen LogP contribution in [0.25, 0.3) is 0 Å². The number of nitrogens with one attached hydrogen (secondary N) is 1. The summed E-state index contributed by atoms with van der Waals surface area (Å²) in [6.07, 6.45) is 0.350. The molecule has 1 rings (SSSR count). The van der Waals surface area contributed by atoms with E-state index in [0.29, 0.717) is 19.4 Å². The van der Waals surface area contributed by atoms with Gasteiger partial charge in [-0.25, -0.2) is 4.79 Å². The lowest BCUT2D eigenvalue weighted by atomic mass is 10.1. The van der Waals surface area contributed by atoms with Crippen molar-refractivity contribution in [2.45, 2.75) is 25.5 Å². The molecule has 6 heteroatoms. The Bertz CT molecular complexity index is 409. The highest BCUT2D eigenvalue weighted by Crippen LogP contribution is 2.02. The molecule has 0 aliphatic carbocycles. The maximum atomic E-state index is 11.5. The third kappa shape index (κ3) is 5.87. The minimum absolute atomic E-state index is 0.148. The molecule has 2 amide bonds. The number of hydrogen-bond acceptors (Lipinski definition) is 4. The van der Waals surface area contributed by atoms with Gasteiger partial charge in [0.15, 0.2) is 0 Å². The van der Waals surface area contributed by atoms with E-state index in [4.69, 9.17) is 16.2 Å². The van der Waals surface area contributed by atoms with Gasteiger partial charge in [-0.2, -0.15) is 0 Å². The molecule has 0 spiro atoms. The molecule has 0 saturated heterocycles. The average Bonchev–Trinajstić information content (AvgIpc) is 2.42. The van der Waals surface area contributed by atoms with Crippen molar-refractivity contribution in [2.24, 2.45) is 11.5 Å². The Morgan fingerprint density at radius 2 is 1.95 bits per heavy atom. The molecule has 6 nitrogen and oxygen atoms in total. The SMILES string of the molecule is NCCCC(NC(=O)OCc1ccccc1)C(N)=O. The maximum Gasteiger partial charge on any atom is 0.408 e. The number of amides is 2. The van der Waals surface area contributed by atoms with Crippen LogP contribution in [0, 0.1) is 0 Å². The number of hydrogen-bond donors (Lipinski definition) is 3. The molecular formula is C13H19N3O3. The highest BCUT2D eigenvalue weighted by Gasteiger charge is 2.17. The van der Waals surface area contributed by atoms with Gasteiger partial charge in [-0.05, 0) is 24.9 Å². The summed E-state index contributed by atoms with van der Waals surface area (Å²) in [5, 5.41) is 2.43. The summed E-state index contributed by atoms with van der Waals surface area (Å²) in [6.45, 7) is 0.583. The zero-order chi connectivity index (χ0) is 14.1. The fourth-order valence-electron chi connectivity index (χ4n) is 1.51. The number of alkyl carbamates (subject to hydrolysis) is 1. The van der Waals surface area contributed by atoms with Gasteiger partial charge in [0, 0.05) is 0 Å². The van der Waals surface area contributed by atoms with E-state index >= 15 is 0 Å². The van der Waals surface area contributed by atoms with Crippen LogP contribution in [0.5, 0.6) is 0 Å². The Morgan fingerprint density at radius 3 is 2.53 bits per heavy atom. The van der Waals surface area contributed by atoms with Gasteiger partial charge >= 0.3 is 6.09 Å². The molecule has 19 heavy (non-hydrogen) atoms. The number of ether oxygens (including phenoxy) is 1. The lowest BCUT2D eigenvalue weighted by molar-refractivity contribution is -0.120. The third-order valence-corrected chi connectivity index (χ3v) is 2.55. The third-order valence-electron chi connectivity index (χ3n) is 2.55. The summed E-state index contributed by atoms with van der Waals surface area (Å²) in [4.78, 5) is 22.6. The Kier molecular flexibility index (Phi) is 6.38. The average molecular weight is 265 g/mol. The highest BCUT2D eigenvalue weighted by atomic mass is 16.5. The summed E-state index contributed by atoms with van der Waals surface area (Å²) >= 11 is 0. The highest BCUT2D eigenvalue weighted by molar-refractivity contribution is 5.84. The van der Waals surface area contributed by atoms with E-state index in [1.54, 1.807) is 0 Å². The van der Waals surface area contributed by atoms with Gasteiger partial charge < -0.3 is 21.5 Å². The van der Waals surface area contributed by atoms with E-state index < -0.39 is 18.0 Å². The molecule has 0 aromatic heterocycles. The lowest BCUT2D eigenvalue weighted by Gasteiger charge is -2.14. The van der Waals surface area contributed by atoms with E-state index in [1.165, 1.54) is 0 Å². The molecule has 0 radical (unpaired) electrons. The Morgan fingerprint density at radius 1 is 1.26 bits per heavy atom. The Balaban J connectivity index is 2.38. The van der Waals surface area contributed by atoms with Crippen LogP contribution >= 0.6 is 0 Å². The summed E-state index contributed by atoms with van der Waals surface area (Å²) in [5.41, 5.74) is 11.4. The normalized spacial score (nSPS) is 11.6. The van der Waals surface area contributed by atoms with Gasteiger partial charge in [-0.1, -0.05) is 30.3 Å². The number of rotatable bonds is 7. The van der Waals surface area contributed by atoms with Crippen LogP contribution in [0.2, 0.25) is 0 Å². The molecule has 5 N–H and O–H groups in total. The van der Waals surface area contributed by atoms with Gasteiger partial charge in [-0.15, -0.1) is 0 Å². The molecule has 0 fully saturated rings. The largest absolute Gasteiger partial charge is 0.445 e. The van der Waals surface area contributed by atoms with E-state index in [1.807, 2.05) is 30.3 Å². The quantitative estimate of drug-likeness (QED) is 0.667. The predicted octanol–water partition coefficient (Wildman–Crippen LogP) is 0.506. The van der Waals surface area contributed by atoms with E-state index in [-0.39, 0.29) is 6.61 Å². The van der Waals surface area contributed by atoms with Crippen LogP contribution in [0.4, 0.5) is 4.79 Å². The molecule has 1 aromatic carbocycles. The van der Waals surface area contributed by atoms with Crippen molar-refractivity contribution in [3.05, 3.63) is 35.9 Å². The molecule has 0 saturated carbocycles. The Hall–Kier alpha value is -2.08. The minimum atomic E-state index is -0.744. The number of primary amides is 1. The number of nitrogens with two attached hydrogens (primary N) is 2. The number of carbonyl (C=O) groups excluding carboxylic acids is 2. The van der Waals surface area contributed by atoms with Crippen molar-refractivity contribution in [2.75, 3.05) is 6.54 Å². The first-order chi connectivity index (χ1) is 9.13. The van der Waals surface area contributed by atoms with Crippen molar-refractivity contribution in [3.8, 4) is 0 Å². The van der Waals surface area contributed by atoms with Crippen molar-refractivity contribution in [1.29, 1.82) is 0 Å². The van der Waals surface area contributed by atoms with Gasteiger partial charge in [0.25, 0.3) is 0 Å². The zero-order valence-corrected chi connectivity index (χ0v) is 10.7. The first kappa shape index (κ1) is 15.0. The monoisotopic (exact) mass is 265 g/mol. The summed E-state index contributed by atoms with van der Waals surface area (Å²) in [5.74, 6) is -0.592. The molecule has 1 atom stereocenters. The van der Waals surface area contributed by atoms with Crippen LogP contribution in [0.1, 0.15) is 18.4 Å². The number of carbonyl (C=O) groups is 2. The molecule has 0 heterocycles. The fourth-order valence-corrected chi connectivity index (χ4v) is 1.51. The van der Waals surface area contributed by atoms with Gasteiger partial charge in [0.2, 0.25) is 5.91 Å². The summed E-state index contributed by atoms with van der Waals surface area (Å²) in [7, 11) is 0.